The SMILES string of the molecule is NC(N)=NC1=NCC(=O)N1. The Morgan fingerprint density at radius 3 is 2.80 bits per heavy atom. The first-order valence-electron chi connectivity index (χ1n) is 2.62. The molecule has 1 rings (SSSR count). The van der Waals surface area contributed by atoms with E-state index in [0.717, 1.165) is 0 Å². The molecule has 5 N–H and O–H groups in total. The third-order valence-corrected chi connectivity index (χ3v) is 0.859. The van der Waals surface area contributed by atoms with Crippen LogP contribution in [0.3, 0.4) is 0 Å². The van der Waals surface area contributed by atoms with Crippen LogP contribution >= 0.6 is 0 Å². The van der Waals surface area contributed by atoms with Crippen LogP contribution in [0.25, 0.3) is 0 Å². The van der Waals surface area contributed by atoms with Crippen molar-refractivity contribution in [3.63, 3.8) is 0 Å². The van der Waals surface area contributed by atoms with Gasteiger partial charge in [0.2, 0.25) is 11.9 Å². The maximum absolute atomic E-state index is 10.5. The number of carbonyl (C=O) groups is 1. The molecule has 1 amide bonds. The van der Waals surface area contributed by atoms with E-state index in [1.54, 1.807) is 0 Å². The molecule has 0 unspecified atom stereocenters. The van der Waals surface area contributed by atoms with Crippen LogP contribution in [0, 0.1) is 0 Å². The molecule has 6 heteroatoms. The van der Waals surface area contributed by atoms with Crippen molar-refractivity contribution in [1.82, 2.24) is 5.32 Å². The molecule has 0 aromatic carbocycles. The van der Waals surface area contributed by atoms with Gasteiger partial charge in [0.05, 0.1) is 0 Å². The molecule has 0 aliphatic carbocycles. The second kappa shape index (κ2) is 2.34. The average Bonchev–Trinajstić information content (AvgIpc) is 2.13. The molecular weight excluding hydrogens is 134 g/mol. The number of nitrogens with two attached hydrogens (primary N) is 2. The minimum atomic E-state index is -0.194. The minimum Gasteiger partial charge on any atom is -0.370 e. The number of hydrogen-bond donors (Lipinski definition) is 3. The summed E-state index contributed by atoms with van der Waals surface area (Å²) in [5.41, 5.74) is 10.0. The van der Waals surface area contributed by atoms with Gasteiger partial charge in [0, 0.05) is 0 Å². The van der Waals surface area contributed by atoms with Crippen LogP contribution in [-0.2, 0) is 4.79 Å². The lowest BCUT2D eigenvalue weighted by atomic mass is 10.7. The molecule has 1 heterocycles. The topological polar surface area (TPSA) is 106 Å². The molecule has 0 spiro atoms. The van der Waals surface area contributed by atoms with E-state index >= 15 is 0 Å². The summed E-state index contributed by atoms with van der Waals surface area (Å²) in [5.74, 6) is -0.119. The highest BCUT2D eigenvalue weighted by Crippen LogP contribution is 1.86. The van der Waals surface area contributed by atoms with E-state index in [1.165, 1.54) is 0 Å². The number of nitrogens with one attached hydrogen (secondary N) is 1. The summed E-state index contributed by atoms with van der Waals surface area (Å²) < 4.78 is 0. The summed E-state index contributed by atoms with van der Waals surface area (Å²) in [6.07, 6.45) is 0. The van der Waals surface area contributed by atoms with Crippen LogP contribution in [0.1, 0.15) is 0 Å². The molecule has 10 heavy (non-hydrogen) atoms. The molecular formula is C4H7N5O. The van der Waals surface area contributed by atoms with Crippen LogP contribution in [0.4, 0.5) is 0 Å². The van der Waals surface area contributed by atoms with Crippen molar-refractivity contribution in [2.24, 2.45) is 21.5 Å². The first kappa shape index (κ1) is 6.53. The molecule has 0 aromatic heterocycles. The second-order valence-electron chi connectivity index (χ2n) is 1.72. The molecule has 54 valence electrons. The molecule has 0 aromatic rings. The van der Waals surface area contributed by atoms with Crippen LogP contribution in [0.15, 0.2) is 9.98 Å². The largest absolute Gasteiger partial charge is 0.370 e. The maximum atomic E-state index is 10.5. The number of amides is 1. The molecule has 6 nitrogen and oxygen atoms in total. The van der Waals surface area contributed by atoms with Crippen LogP contribution in [0.2, 0.25) is 0 Å². The van der Waals surface area contributed by atoms with Gasteiger partial charge in [0.1, 0.15) is 6.54 Å². The van der Waals surface area contributed by atoms with Gasteiger partial charge in [-0.2, -0.15) is 4.99 Å². The van der Waals surface area contributed by atoms with Gasteiger partial charge in [0.15, 0.2) is 5.96 Å². The smallest absolute Gasteiger partial charge is 0.248 e. The fourth-order valence-corrected chi connectivity index (χ4v) is 0.536. The van der Waals surface area contributed by atoms with Crippen molar-refractivity contribution in [3.8, 4) is 0 Å². The molecule has 1 aliphatic rings. The summed E-state index contributed by atoms with van der Waals surface area (Å²) in [6, 6.07) is 0. The van der Waals surface area contributed by atoms with Crippen molar-refractivity contribution in [2.75, 3.05) is 6.54 Å². The van der Waals surface area contributed by atoms with E-state index < -0.39 is 0 Å². The number of rotatable bonds is 0. The number of aliphatic imine (C=N–C) groups is 2. The summed E-state index contributed by atoms with van der Waals surface area (Å²) in [5, 5.41) is 2.35. The van der Waals surface area contributed by atoms with Crippen molar-refractivity contribution in [3.05, 3.63) is 0 Å². The maximum Gasteiger partial charge on any atom is 0.248 e. The van der Waals surface area contributed by atoms with E-state index in [1.807, 2.05) is 0 Å². The Labute approximate surface area is 57.0 Å². The van der Waals surface area contributed by atoms with Crippen molar-refractivity contribution in [2.45, 2.75) is 0 Å². The summed E-state index contributed by atoms with van der Waals surface area (Å²) in [4.78, 5) is 17.6. The van der Waals surface area contributed by atoms with Crippen LogP contribution in [-0.4, -0.2) is 24.4 Å². The zero-order valence-corrected chi connectivity index (χ0v) is 5.16. The standard InChI is InChI=1S/C4H7N5O/c5-3(6)9-4-7-1-2(10)8-4/h1H2,(H5,5,6,7,8,9,10). The second-order valence-corrected chi connectivity index (χ2v) is 1.72. The molecule has 0 saturated carbocycles. The minimum absolute atomic E-state index is 0.103. The first-order valence-corrected chi connectivity index (χ1v) is 2.62. The summed E-state index contributed by atoms with van der Waals surface area (Å²) >= 11 is 0. The number of hydrogen-bond acceptors (Lipinski definition) is 3. The van der Waals surface area contributed by atoms with Crippen molar-refractivity contribution < 1.29 is 4.79 Å². The van der Waals surface area contributed by atoms with Gasteiger partial charge in [-0.3, -0.25) is 10.1 Å². The zero-order chi connectivity index (χ0) is 7.56. The Morgan fingerprint density at radius 2 is 2.40 bits per heavy atom. The summed E-state index contributed by atoms with van der Waals surface area (Å²) in [6.45, 7) is 0.103. The molecule has 0 atom stereocenters. The fourth-order valence-electron chi connectivity index (χ4n) is 0.536. The molecule has 0 radical (unpaired) electrons. The monoisotopic (exact) mass is 141 g/mol. The normalized spacial score (nSPS) is 16.0. The lowest BCUT2D eigenvalue weighted by Gasteiger charge is -1.91. The van der Waals surface area contributed by atoms with Crippen molar-refractivity contribution in [1.29, 1.82) is 0 Å². The third-order valence-electron chi connectivity index (χ3n) is 0.859. The van der Waals surface area contributed by atoms with Gasteiger partial charge in [-0.1, -0.05) is 0 Å². The van der Waals surface area contributed by atoms with E-state index in [4.69, 9.17) is 11.5 Å². The zero-order valence-electron chi connectivity index (χ0n) is 5.16. The average molecular weight is 141 g/mol. The van der Waals surface area contributed by atoms with Gasteiger partial charge >= 0.3 is 0 Å². The van der Waals surface area contributed by atoms with Crippen molar-refractivity contribution >= 4 is 17.8 Å². The Hall–Kier alpha value is -1.59. The molecule has 1 aliphatic heterocycles. The van der Waals surface area contributed by atoms with Gasteiger partial charge < -0.3 is 11.5 Å². The third kappa shape index (κ3) is 1.44. The molecule has 0 fully saturated rings. The fraction of sp³-hybridized carbons (Fsp3) is 0.250. The van der Waals surface area contributed by atoms with E-state index in [-0.39, 0.29) is 24.4 Å². The lowest BCUT2D eigenvalue weighted by molar-refractivity contribution is -0.117. The van der Waals surface area contributed by atoms with Gasteiger partial charge in [0.25, 0.3) is 0 Å². The van der Waals surface area contributed by atoms with Crippen LogP contribution in [0.5, 0.6) is 0 Å². The quantitative estimate of drug-likeness (QED) is 0.262. The Bertz CT molecular complexity index is 214. The Balaban J connectivity index is 2.61. The number of carbonyl (C=O) groups excluding carboxylic acids is 1. The van der Waals surface area contributed by atoms with E-state index in [2.05, 4.69) is 15.3 Å². The number of nitrogens with zero attached hydrogens (tertiary/aromatic N) is 2. The van der Waals surface area contributed by atoms with Gasteiger partial charge in [-0.05, 0) is 0 Å². The van der Waals surface area contributed by atoms with Gasteiger partial charge in [-0.15, -0.1) is 0 Å². The Morgan fingerprint density at radius 1 is 1.70 bits per heavy atom. The Kier molecular flexibility index (Phi) is 1.53. The molecule has 0 saturated heterocycles. The predicted molar refractivity (Wildman–Crippen MR) is 36.3 cm³/mol. The predicted octanol–water partition coefficient (Wildman–Crippen LogP) is -2.25. The number of guanidine groups is 2. The summed E-state index contributed by atoms with van der Waals surface area (Å²) in [7, 11) is 0. The highest BCUT2D eigenvalue weighted by molar-refractivity contribution is 6.06. The van der Waals surface area contributed by atoms with Gasteiger partial charge in [-0.25, -0.2) is 4.99 Å². The highest BCUT2D eigenvalue weighted by Gasteiger charge is 2.11. The van der Waals surface area contributed by atoms with Crippen LogP contribution < -0.4 is 16.8 Å². The van der Waals surface area contributed by atoms with E-state index in [9.17, 15) is 4.79 Å². The van der Waals surface area contributed by atoms with E-state index in [0.29, 0.717) is 0 Å². The lowest BCUT2D eigenvalue weighted by Crippen LogP contribution is -2.29. The molecule has 0 bridgehead atoms. The first-order chi connectivity index (χ1) is 4.68. The highest BCUT2D eigenvalue weighted by atomic mass is 16.2.